The number of benzene rings is 1. The minimum absolute atomic E-state index is 0.0419. The highest BCUT2D eigenvalue weighted by molar-refractivity contribution is 7.88. The zero-order valence-corrected chi connectivity index (χ0v) is 16.3. The van der Waals surface area contributed by atoms with E-state index in [4.69, 9.17) is 5.73 Å². The Balaban J connectivity index is 1.64. The van der Waals surface area contributed by atoms with E-state index in [1.807, 2.05) is 0 Å². The van der Waals surface area contributed by atoms with Crippen LogP contribution in [0.1, 0.15) is 49.7 Å². The van der Waals surface area contributed by atoms with E-state index in [1.165, 1.54) is 30.2 Å². The normalized spacial score (nSPS) is 24.1. The van der Waals surface area contributed by atoms with Crippen molar-refractivity contribution in [3.8, 4) is 0 Å². The first-order chi connectivity index (χ1) is 12.4. The van der Waals surface area contributed by atoms with E-state index >= 15 is 0 Å². The molecule has 0 aromatic heterocycles. The van der Waals surface area contributed by atoms with Gasteiger partial charge in [0.2, 0.25) is 10.0 Å². The molecule has 0 radical (unpaired) electrons. The minimum atomic E-state index is -3.20. The van der Waals surface area contributed by atoms with Gasteiger partial charge in [0, 0.05) is 18.3 Å². The summed E-state index contributed by atoms with van der Waals surface area (Å²) < 4.78 is 25.9. The van der Waals surface area contributed by atoms with Crippen LogP contribution in [0.15, 0.2) is 23.2 Å². The third-order valence-corrected chi connectivity index (χ3v) is 6.16. The fraction of sp³-hybridized carbons (Fsp3) is 0.632. The zero-order chi connectivity index (χ0) is 18.6. The number of aliphatic imine (C=N–C) groups is 1. The van der Waals surface area contributed by atoms with Crippen molar-refractivity contribution in [3.05, 3.63) is 29.3 Å². The second-order valence-corrected chi connectivity index (χ2v) is 9.32. The number of nitrogens with two attached hydrogens (primary N) is 1. The van der Waals surface area contributed by atoms with E-state index in [0.29, 0.717) is 12.5 Å². The molecule has 0 bridgehead atoms. The largest absolute Gasteiger partial charge is 0.370 e. The summed E-state index contributed by atoms with van der Waals surface area (Å²) in [6, 6.07) is 6.27. The molecule has 4 N–H and O–H groups in total. The van der Waals surface area contributed by atoms with E-state index in [-0.39, 0.29) is 12.0 Å². The molecular weight excluding hydrogens is 348 g/mol. The Bertz CT molecular complexity index is 761. The van der Waals surface area contributed by atoms with Crippen LogP contribution in [0, 0.1) is 5.92 Å². The van der Waals surface area contributed by atoms with Crippen LogP contribution in [-0.4, -0.2) is 33.2 Å². The topological polar surface area (TPSA) is 96.6 Å². The van der Waals surface area contributed by atoms with Crippen molar-refractivity contribution in [2.75, 3.05) is 18.1 Å². The Morgan fingerprint density at radius 2 is 1.96 bits per heavy atom. The van der Waals surface area contributed by atoms with E-state index in [1.54, 1.807) is 0 Å². The lowest BCUT2D eigenvalue weighted by molar-refractivity contribution is 0.297. The van der Waals surface area contributed by atoms with Gasteiger partial charge in [-0.2, -0.15) is 0 Å². The number of nitrogens with zero attached hydrogens (tertiary/aromatic N) is 1. The highest BCUT2D eigenvalue weighted by Crippen LogP contribution is 2.28. The summed E-state index contributed by atoms with van der Waals surface area (Å²) in [5.41, 5.74) is 9.94. The average molecular weight is 379 g/mol. The number of fused-ring (bicyclic) bond motifs is 1. The summed E-state index contributed by atoms with van der Waals surface area (Å²) in [6.45, 7) is 0.543. The van der Waals surface area contributed by atoms with Gasteiger partial charge in [-0.1, -0.05) is 25.0 Å². The van der Waals surface area contributed by atoms with Crippen LogP contribution in [0.3, 0.4) is 0 Å². The molecule has 144 valence electrons. The number of aryl methyl sites for hydroxylation is 1. The van der Waals surface area contributed by atoms with Gasteiger partial charge in [-0.15, -0.1) is 0 Å². The molecule has 7 heteroatoms. The summed E-state index contributed by atoms with van der Waals surface area (Å²) >= 11 is 0. The zero-order valence-electron chi connectivity index (χ0n) is 15.5. The predicted molar refractivity (Wildman–Crippen MR) is 107 cm³/mol. The van der Waals surface area contributed by atoms with Crippen LogP contribution in [-0.2, 0) is 22.9 Å². The molecule has 2 aliphatic rings. The number of sulfonamides is 1. The fourth-order valence-corrected chi connectivity index (χ4v) is 5.01. The first-order valence-electron chi connectivity index (χ1n) is 9.57. The first-order valence-corrected chi connectivity index (χ1v) is 11.5. The number of guanidine groups is 1. The third-order valence-electron chi connectivity index (χ3n) is 5.43. The maximum atomic E-state index is 11.6. The first kappa shape index (κ1) is 19.2. The van der Waals surface area contributed by atoms with Gasteiger partial charge in [-0.05, 0) is 61.6 Å². The summed E-state index contributed by atoms with van der Waals surface area (Å²) in [5, 5.41) is 3.26. The van der Waals surface area contributed by atoms with Crippen molar-refractivity contribution in [1.29, 1.82) is 0 Å². The molecule has 0 aliphatic heterocycles. The van der Waals surface area contributed by atoms with Crippen molar-refractivity contribution >= 4 is 21.7 Å². The lowest BCUT2D eigenvalue weighted by atomic mass is 9.85. The third kappa shape index (κ3) is 5.20. The summed E-state index contributed by atoms with van der Waals surface area (Å²) in [5.74, 6) is 0.608. The molecule has 0 saturated heterocycles. The standard InChI is InChI=1S/C19H30N4O2S/c1-26(24,25)23-17-11-5-3-8-15(17)13-21-19(20)22-18-12-6-9-14-7-2-4-10-16(14)18/h6,9,12,15,17,23H,2-5,7-8,10-11,13H2,1H3,(H3,20,21,22). The Hall–Kier alpha value is -1.60. The predicted octanol–water partition coefficient (Wildman–Crippen LogP) is 2.40. The molecule has 3 rings (SSSR count). The van der Waals surface area contributed by atoms with Crippen LogP contribution in [0.5, 0.6) is 0 Å². The molecular formula is C19H30N4O2S. The van der Waals surface area contributed by atoms with Gasteiger partial charge < -0.3 is 11.1 Å². The molecule has 1 saturated carbocycles. The Kier molecular flexibility index (Phi) is 6.19. The molecule has 0 amide bonds. The molecule has 2 aliphatic carbocycles. The Morgan fingerprint density at radius 3 is 2.77 bits per heavy atom. The maximum absolute atomic E-state index is 11.6. The number of hydrogen-bond donors (Lipinski definition) is 3. The van der Waals surface area contributed by atoms with Crippen molar-refractivity contribution in [3.63, 3.8) is 0 Å². The van der Waals surface area contributed by atoms with Gasteiger partial charge >= 0.3 is 0 Å². The smallest absolute Gasteiger partial charge is 0.208 e. The van der Waals surface area contributed by atoms with Gasteiger partial charge in [0.05, 0.1) is 6.26 Å². The SMILES string of the molecule is CS(=O)(=O)NC1CCCCC1CN=C(N)Nc1cccc2c1CCCC2. The summed E-state index contributed by atoms with van der Waals surface area (Å²) in [4.78, 5) is 4.52. The lowest BCUT2D eigenvalue weighted by Gasteiger charge is -2.30. The van der Waals surface area contributed by atoms with Crippen molar-refractivity contribution < 1.29 is 8.42 Å². The number of nitrogens with one attached hydrogen (secondary N) is 2. The van der Waals surface area contributed by atoms with Gasteiger partial charge in [0.15, 0.2) is 5.96 Å². The molecule has 2 atom stereocenters. The van der Waals surface area contributed by atoms with Crippen LogP contribution in [0.25, 0.3) is 0 Å². The second-order valence-electron chi connectivity index (χ2n) is 7.54. The highest BCUT2D eigenvalue weighted by atomic mass is 32.2. The quantitative estimate of drug-likeness (QED) is 0.541. The molecule has 6 nitrogen and oxygen atoms in total. The van der Waals surface area contributed by atoms with E-state index < -0.39 is 10.0 Å². The van der Waals surface area contributed by atoms with Gasteiger partial charge in [-0.25, -0.2) is 13.1 Å². The summed E-state index contributed by atoms with van der Waals surface area (Å²) in [6.07, 6.45) is 9.89. The molecule has 1 fully saturated rings. The van der Waals surface area contributed by atoms with Crippen LogP contribution >= 0.6 is 0 Å². The molecule has 0 spiro atoms. The van der Waals surface area contributed by atoms with Crippen molar-refractivity contribution in [1.82, 2.24) is 4.72 Å². The van der Waals surface area contributed by atoms with Crippen LogP contribution in [0.2, 0.25) is 0 Å². The van der Waals surface area contributed by atoms with E-state index in [2.05, 4.69) is 33.2 Å². The van der Waals surface area contributed by atoms with E-state index in [9.17, 15) is 8.42 Å². The summed E-state index contributed by atoms with van der Waals surface area (Å²) in [7, 11) is -3.20. The van der Waals surface area contributed by atoms with Gasteiger partial charge in [0.1, 0.15) is 0 Å². The van der Waals surface area contributed by atoms with Crippen molar-refractivity contribution in [2.45, 2.75) is 57.4 Å². The Labute approximate surface area is 156 Å². The van der Waals surface area contributed by atoms with Crippen molar-refractivity contribution in [2.24, 2.45) is 16.6 Å². The van der Waals surface area contributed by atoms with E-state index in [0.717, 1.165) is 44.2 Å². The van der Waals surface area contributed by atoms with Crippen LogP contribution in [0.4, 0.5) is 5.69 Å². The lowest BCUT2D eigenvalue weighted by Crippen LogP contribution is -2.43. The average Bonchev–Trinajstić information content (AvgIpc) is 2.60. The molecule has 1 aromatic rings. The molecule has 1 aromatic carbocycles. The Morgan fingerprint density at radius 1 is 1.19 bits per heavy atom. The maximum Gasteiger partial charge on any atom is 0.208 e. The second kappa shape index (κ2) is 8.39. The number of hydrogen-bond acceptors (Lipinski definition) is 3. The number of rotatable bonds is 5. The fourth-order valence-electron chi connectivity index (χ4n) is 4.15. The molecule has 26 heavy (non-hydrogen) atoms. The minimum Gasteiger partial charge on any atom is -0.370 e. The monoisotopic (exact) mass is 378 g/mol. The highest BCUT2D eigenvalue weighted by Gasteiger charge is 2.27. The molecule has 0 heterocycles. The van der Waals surface area contributed by atoms with Gasteiger partial charge in [-0.3, -0.25) is 4.99 Å². The van der Waals surface area contributed by atoms with Crippen LogP contribution < -0.4 is 15.8 Å². The number of anilines is 1. The van der Waals surface area contributed by atoms with Gasteiger partial charge in [0.25, 0.3) is 0 Å². The molecule has 2 unspecified atom stereocenters.